The van der Waals surface area contributed by atoms with E-state index in [2.05, 4.69) is 112 Å². The van der Waals surface area contributed by atoms with Gasteiger partial charge in [0.1, 0.15) is 0 Å². The lowest BCUT2D eigenvalue weighted by atomic mass is 10.1. The maximum atomic E-state index is 4.97. The zero-order chi connectivity index (χ0) is 28.5. The largest absolute Gasteiger partial charge is 0.214 e. The molecule has 0 aliphatic heterocycles. The summed E-state index contributed by atoms with van der Waals surface area (Å²) in [5.41, 5.74) is 2.86. The number of hydrogen-bond donors (Lipinski definition) is 0. The summed E-state index contributed by atoms with van der Waals surface area (Å²) in [6.45, 7) is 16.7. The highest BCUT2D eigenvalue weighted by Crippen LogP contribution is 2.77. The maximum absolute atomic E-state index is 4.97. The Morgan fingerprint density at radius 1 is 0.718 bits per heavy atom. The molecule has 0 nitrogen and oxygen atoms in total. The molecule has 3 aromatic rings. The minimum absolute atomic E-state index is 0.889. The first-order chi connectivity index (χ1) is 18.7. The Morgan fingerprint density at radius 2 is 1.23 bits per heavy atom. The van der Waals surface area contributed by atoms with Crippen LogP contribution < -0.4 is 0 Å². The highest BCUT2D eigenvalue weighted by Gasteiger charge is 2.40. The lowest BCUT2D eigenvalue weighted by Crippen LogP contribution is -2.11. The molecular weight excluding hydrogens is 529 g/mol. The molecule has 0 amide bonds. The van der Waals surface area contributed by atoms with Crippen LogP contribution >= 0.6 is 31.4 Å². The average molecular weight is 581 g/mol. The Balaban J connectivity index is 2.34. The molecule has 0 fully saturated rings. The van der Waals surface area contributed by atoms with Gasteiger partial charge in [-0.15, -0.1) is 21.4 Å². The predicted octanol–water partition coefficient (Wildman–Crippen LogP) is 12.6. The third-order valence-corrected chi connectivity index (χ3v) is 15.8. The molecule has 0 spiro atoms. The van der Waals surface area contributed by atoms with E-state index in [0.717, 1.165) is 12.8 Å². The van der Waals surface area contributed by atoms with Crippen molar-refractivity contribution >= 4 is 31.4 Å². The summed E-state index contributed by atoms with van der Waals surface area (Å²) in [5.74, 6) is 0. The van der Waals surface area contributed by atoms with Gasteiger partial charge in [-0.25, -0.2) is 10.0 Å². The van der Waals surface area contributed by atoms with Crippen LogP contribution in [0.5, 0.6) is 0 Å². The van der Waals surface area contributed by atoms with Crippen LogP contribution in [0.3, 0.4) is 0 Å². The van der Waals surface area contributed by atoms with Crippen molar-refractivity contribution in [2.45, 2.75) is 104 Å². The third-order valence-electron chi connectivity index (χ3n) is 7.52. The van der Waals surface area contributed by atoms with E-state index in [4.69, 9.17) is 13.2 Å². The minimum atomic E-state index is -1.77. The Labute approximate surface area is 247 Å². The van der Waals surface area contributed by atoms with Crippen molar-refractivity contribution in [2.75, 3.05) is 18.8 Å². The fraction of sp³-hybridized carbons (Fsp3) is 0.444. The second kappa shape index (κ2) is 14.8. The van der Waals surface area contributed by atoms with Gasteiger partial charge in [0, 0.05) is 23.8 Å². The molecule has 0 saturated heterocycles. The van der Waals surface area contributed by atoms with Crippen molar-refractivity contribution in [2.24, 2.45) is 0 Å². The van der Waals surface area contributed by atoms with Gasteiger partial charge in [0.15, 0.2) is 0 Å². The topological polar surface area (TPSA) is 0 Å². The summed E-state index contributed by atoms with van der Waals surface area (Å²) in [7, 11) is -2.66. The summed E-state index contributed by atoms with van der Waals surface area (Å²) in [6.07, 6.45) is 19.7. The van der Waals surface area contributed by atoms with Crippen molar-refractivity contribution in [3.8, 4) is 0 Å². The average Bonchev–Trinajstić information content (AvgIpc) is 3.27. The van der Waals surface area contributed by atoms with E-state index in [-0.39, 0.29) is 0 Å². The molecule has 0 unspecified atom stereocenters. The van der Waals surface area contributed by atoms with Gasteiger partial charge in [-0.3, -0.25) is 0 Å². The van der Waals surface area contributed by atoms with Crippen molar-refractivity contribution < 1.29 is 0 Å². The molecule has 3 heteroatoms. The van der Waals surface area contributed by atoms with E-state index < -0.39 is 20.1 Å². The molecule has 2 aromatic carbocycles. The van der Waals surface area contributed by atoms with Gasteiger partial charge >= 0.3 is 0 Å². The minimum Gasteiger partial charge on any atom is -0.214 e. The third kappa shape index (κ3) is 7.34. The Bertz CT molecular complexity index is 1160. The second-order valence-corrected chi connectivity index (χ2v) is 20.1. The van der Waals surface area contributed by atoms with Crippen molar-refractivity contribution in [3.05, 3.63) is 94.7 Å². The summed E-state index contributed by atoms with van der Waals surface area (Å²) < 4.78 is 1.64. The van der Waals surface area contributed by atoms with E-state index in [1.165, 1.54) is 76.5 Å². The van der Waals surface area contributed by atoms with E-state index in [1.54, 1.807) is 14.7 Å². The number of allylic oxidation sites excluding steroid dienone is 1. The zero-order valence-corrected chi connectivity index (χ0v) is 27.9. The van der Waals surface area contributed by atoms with Gasteiger partial charge in [0.25, 0.3) is 0 Å². The molecule has 3 rings (SSSR count). The zero-order valence-electron chi connectivity index (χ0n) is 25.5. The first kappa shape index (κ1) is 31.8. The molecule has 0 atom stereocenters. The molecule has 0 saturated carbocycles. The Hall–Kier alpha value is -1.68. The van der Waals surface area contributed by atoms with Crippen LogP contribution in [-0.4, -0.2) is 18.8 Å². The number of hydrogen-bond acceptors (Lipinski definition) is 1. The first-order valence-corrected chi connectivity index (χ1v) is 20.1. The molecule has 0 N–H and O–H groups in total. The van der Waals surface area contributed by atoms with Crippen LogP contribution in [0.2, 0.25) is 0 Å². The van der Waals surface area contributed by atoms with Crippen LogP contribution in [0.4, 0.5) is 0 Å². The number of aryl methyl sites for hydroxylation is 1. The molecular formula is C36H52S3. The standard InChI is InChI=1S/C36H52S3/c1-9-11-13-17-23-29(3)31(5)39(32-24-18-15-19-25-32,33-26-20-16-21-27-33)35-30(4)37-36(38(6,7)8)34(35)28-22-14-12-10-2/h15-16,18-21,24-27H,3,5,9-14,17,22-23,28H2,1-2,4,6-8H3. The van der Waals surface area contributed by atoms with Crippen LogP contribution in [0.25, 0.3) is 0 Å². The predicted molar refractivity (Wildman–Crippen MR) is 183 cm³/mol. The van der Waals surface area contributed by atoms with Gasteiger partial charge in [-0.2, -0.15) is 0 Å². The highest BCUT2D eigenvalue weighted by atomic mass is 32.3. The monoisotopic (exact) mass is 580 g/mol. The van der Waals surface area contributed by atoms with Crippen molar-refractivity contribution in [1.82, 2.24) is 0 Å². The summed E-state index contributed by atoms with van der Waals surface area (Å²) in [5, 5.41) is 0. The van der Waals surface area contributed by atoms with Gasteiger partial charge in [-0.1, -0.05) is 102 Å². The van der Waals surface area contributed by atoms with Gasteiger partial charge in [0.05, 0.1) is 0 Å². The highest BCUT2D eigenvalue weighted by molar-refractivity contribution is 8.37. The second-order valence-electron chi connectivity index (χ2n) is 11.5. The normalized spacial score (nSPS) is 12.9. The van der Waals surface area contributed by atoms with Gasteiger partial charge in [0.2, 0.25) is 0 Å². The lowest BCUT2D eigenvalue weighted by molar-refractivity contribution is 0.661. The van der Waals surface area contributed by atoms with E-state index in [9.17, 15) is 0 Å². The fourth-order valence-electron chi connectivity index (χ4n) is 5.54. The molecule has 1 aromatic heterocycles. The maximum Gasteiger partial charge on any atom is 0.0468 e. The van der Waals surface area contributed by atoms with E-state index in [0.29, 0.717) is 0 Å². The molecule has 214 valence electrons. The van der Waals surface area contributed by atoms with Gasteiger partial charge in [-0.05, 0) is 91.7 Å². The summed E-state index contributed by atoms with van der Waals surface area (Å²) in [4.78, 5) is 7.07. The smallest absolute Gasteiger partial charge is 0.0468 e. The molecule has 0 aliphatic rings. The number of rotatable bonds is 16. The Kier molecular flexibility index (Phi) is 12.1. The van der Waals surface area contributed by atoms with Crippen molar-refractivity contribution in [3.63, 3.8) is 0 Å². The van der Waals surface area contributed by atoms with Crippen LogP contribution in [0.15, 0.2) is 103 Å². The number of thiophene rings is 1. The number of benzene rings is 2. The van der Waals surface area contributed by atoms with Crippen molar-refractivity contribution in [1.29, 1.82) is 0 Å². The van der Waals surface area contributed by atoms with Crippen LogP contribution in [0, 0.1) is 6.92 Å². The van der Waals surface area contributed by atoms with Gasteiger partial charge < -0.3 is 0 Å². The Morgan fingerprint density at radius 3 is 1.72 bits per heavy atom. The van der Waals surface area contributed by atoms with E-state index >= 15 is 0 Å². The molecule has 1 heterocycles. The molecule has 0 radical (unpaired) electrons. The quantitative estimate of drug-likeness (QED) is 0.117. The van der Waals surface area contributed by atoms with E-state index in [1.807, 2.05) is 0 Å². The van der Waals surface area contributed by atoms with Crippen LogP contribution in [0.1, 0.15) is 82.1 Å². The fourth-order valence-corrected chi connectivity index (χ4v) is 13.5. The molecule has 0 bridgehead atoms. The summed E-state index contributed by atoms with van der Waals surface area (Å²) in [6, 6.07) is 22.6. The SMILES string of the molecule is C=C(CCCCCC)C(=C)S(c1ccccc1)(c1ccccc1)c1c(C)sc(S(C)(C)C)c1CCCCCC. The number of unbranched alkanes of at least 4 members (excludes halogenated alkanes) is 6. The van der Waals surface area contributed by atoms with Crippen LogP contribution in [-0.2, 0) is 6.42 Å². The molecule has 0 aliphatic carbocycles. The lowest BCUT2D eigenvalue weighted by Gasteiger charge is -2.45. The molecule has 39 heavy (non-hydrogen) atoms. The summed E-state index contributed by atoms with van der Waals surface area (Å²) >= 11 is 2.07. The first-order valence-electron chi connectivity index (χ1n) is 14.8.